The third-order valence-corrected chi connectivity index (χ3v) is 3.11. The van der Waals surface area contributed by atoms with Crippen LogP contribution in [0.1, 0.15) is 13.3 Å². The zero-order chi connectivity index (χ0) is 12.3. The van der Waals surface area contributed by atoms with Crippen LogP contribution in [0.25, 0.3) is 0 Å². The highest BCUT2D eigenvalue weighted by Gasteiger charge is 2.09. The van der Waals surface area contributed by atoms with Crippen molar-refractivity contribution in [3.63, 3.8) is 0 Å². The molecule has 0 aromatic heterocycles. The molecule has 1 aliphatic rings. The van der Waals surface area contributed by atoms with Crippen molar-refractivity contribution in [1.29, 1.82) is 0 Å². The summed E-state index contributed by atoms with van der Waals surface area (Å²) in [7, 11) is 0. The molecule has 0 unspecified atom stereocenters. The van der Waals surface area contributed by atoms with Crippen LogP contribution in [0.5, 0.6) is 0 Å². The molecule has 0 heterocycles. The number of anilines is 1. The molecule has 86 valence electrons. The summed E-state index contributed by atoms with van der Waals surface area (Å²) in [4.78, 5) is 0. The largest absolute Gasteiger partial charge is 0.346 e. The normalized spacial score (nSPS) is 13.4. The molecule has 1 N–H and O–H groups in total. The van der Waals surface area contributed by atoms with Gasteiger partial charge in [0, 0.05) is 0 Å². The minimum absolute atomic E-state index is 0.594. The van der Waals surface area contributed by atoms with E-state index in [0.717, 1.165) is 17.7 Å². The van der Waals surface area contributed by atoms with Crippen LogP contribution in [0, 0.1) is 0 Å². The third kappa shape index (κ3) is 2.66. The van der Waals surface area contributed by atoms with Crippen molar-refractivity contribution >= 4 is 28.9 Å². The van der Waals surface area contributed by atoms with Gasteiger partial charge in [0.05, 0.1) is 21.4 Å². The first-order valence-electron chi connectivity index (χ1n) is 5.34. The van der Waals surface area contributed by atoms with E-state index >= 15 is 0 Å². The van der Waals surface area contributed by atoms with Gasteiger partial charge in [-0.15, -0.1) is 0 Å². The van der Waals surface area contributed by atoms with Gasteiger partial charge in [-0.05, 0) is 42.0 Å². The van der Waals surface area contributed by atoms with Gasteiger partial charge in [0.2, 0.25) is 0 Å². The zero-order valence-electron chi connectivity index (χ0n) is 9.35. The lowest BCUT2D eigenvalue weighted by molar-refractivity contribution is 1.11. The molecule has 0 spiro atoms. The Morgan fingerprint density at radius 2 is 1.94 bits per heavy atom. The Morgan fingerprint density at radius 3 is 2.59 bits per heavy atom. The second kappa shape index (κ2) is 5.31. The first-order valence-corrected chi connectivity index (χ1v) is 6.10. The lowest BCUT2D eigenvalue weighted by Crippen LogP contribution is -2.03. The van der Waals surface area contributed by atoms with Crippen molar-refractivity contribution in [2.24, 2.45) is 0 Å². The number of para-hydroxylation sites is 1. The first kappa shape index (κ1) is 12.1. The van der Waals surface area contributed by atoms with Gasteiger partial charge < -0.3 is 5.32 Å². The van der Waals surface area contributed by atoms with E-state index in [2.05, 4.69) is 23.7 Å². The van der Waals surface area contributed by atoms with Crippen LogP contribution in [0.3, 0.4) is 0 Å². The maximum atomic E-state index is 6.10. The average Bonchev–Trinajstić information content (AvgIpc) is 2.34. The molecule has 0 fully saturated rings. The van der Waals surface area contributed by atoms with Crippen LogP contribution in [0.2, 0.25) is 10.0 Å². The Hall–Kier alpha value is -1.36. The predicted molar refractivity (Wildman–Crippen MR) is 73.6 cm³/mol. The fourth-order valence-electron chi connectivity index (χ4n) is 1.57. The quantitative estimate of drug-likeness (QED) is 0.761. The second-order valence-corrected chi connectivity index (χ2v) is 4.39. The standard InChI is InChI=1S/C14H11Cl2N/c1-2-10-6-3-4-9-13(10)17-14-11(15)7-5-8-12(14)16/h3,5-8,17H,2H2,1H3. The molecule has 0 amide bonds. The molecular weight excluding hydrogens is 253 g/mol. The molecular formula is C14H11Cl2N. The summed E-state index contributed by atoms with van der Waals surface area (Å²) in [5.41, 5.74) is 8.69. The van der Waals surface area contributed by atoms with Gasteiger partial charge in [-0.2, -0.15) is 0 Å². The van der Waals surface area contributed by atoms with E-state index in [-0.39, 0.29) is 0 Å². The Kier molecular flexibility index (Phi) is 3.78. The molecule has 1 nitrogen and oxygen atoms in total. The number of benzene rings is 1. The van der Waals surface area contributed by atoms with Gasteiger partial charge in [0.15, 0.2) is 0 Å². The third-order valence-electron chi connectivity index (χ3n) is 2.48. The van der Waals surface area contributed by atoms with E-state index < -0.39 is 0 Å². The summed E-state index contributed by atoms with van der Waals surface area (Å²) >= 11 is 12.2. The van der Waals surface area contributed by atoms with Gasteiger partial charge in [0.1, 0.15) is 0 Å². The zero-order valence-corrected chi connectivity index (χ0v) is 10.9. The van der Waals surface area contributed by atoms with E-state index in [4.69, 9.17) is 23.2 Å². The average molecular weight is 264 g/mol. The summed E-state index contributed by atoms with van der Waals surface area (Å²) < 4.78 is 0. The van der Waals surface area contributed by atoms with E-state index in [0.29, 0.717) is 15.7 Å². The van der Waals surface area contributed by atoms with Gasteiger partial charge in [0.25, 0.3) is 0 Å². The number of nitrogens with one attached hydrogen (secondary N) is 1. The number of halogens is 2. The minimum Gasteiger partial charge on any atom is -0.346 e. The highest BCUT2D eigenvalue weighted by atomic mass is 35.5. The molecule has 0 atom stereocenters. The van der Waals surface area contributed by atoms with Crippen molar-refractivity contribution in [1.82, 2.24) is 0 Å². The van der Waals surface area contributed by atoms with Crippen molar-refractivity contribution in [3.8, 4) is 0 Å². The number of hydrogen-bond donors (Lipinski definition) is 1. The molecule has 2 rings (SSSR count). The van der Waals surface area contributed by atoms with Crippen LogP contribution >= 0.6 is 23.2 Å². The van der Waals surface area contributed by atoms with E-state index in [1.807, 2.05) is 18.2 Å². The topological polar surface area (TPSA) is 12.0 Å². The van der Waals surface area contributed by atoms with Crippen molar-refractivity contribution in [3.05, 3.63) is 63.1 Å². The summed E-state index contributed by atoms with van der Waals surface area (Å²) in [5.74, 6) is 0. The molecule has 17 heavy (non-hydrogen) atoms. The Bertz CT molecular complexity index is 552. The molecule has 1 aromatic rings. The van der Waals surface area contributed by atoms with Crippen LogP contribution < -0.4 is 5.32 Å². The smallest absolute Gasteiger partial charge is 0.0934 e. The van der Waals surface area contributed by atoms with Crippen molar-refractivity contribution < 1.29 is 0 Å². The number of rotatable bonds is 3. The fourth-order valence-corrected chi connectivity index (χ4v) is 2.06. The Morgan fingerprint density at radius 1 is 1.24 bits per heavy atom. The van der Waals surface area contributed by atoms with E-state index in [9.17, 15) is 0 Å². The SMILES string of the molecule is CCC1=CC=C=C=C1Nc1c(Cl)cccc1Cl. The molecule has 3 heteroatoms. The minimum atomic E-state index is 0.594. The highest BCUT2D eigenvalue weighted by molar-refractivity contribution is 6.39. The van der Waals surface area contributed by atoms with Crippen molar-refractivity contribution in [2.75, 3.05) is 5.32 Å². The van der Waals surface area contributed by atoms with Crippen LogP contribution in [-0.2, 0) is 0 Å². The van der Waals surface area contributed by atoms with Crippen LogP contribution in [-0.4, -0.2) is 0 Å². The maximum absolute atomic E-state index is 6.10. The Balaban J connectivity index is 2.37. The Labute approximate surface area is 111 Å². The molecule has 1 aliphatic carbocycles. The predicted octanol–water partition coefficient (Wildman–Crippen LogP) is 4.95. The molecule has 1 aromatic carbocycles. The second-order valence-electron chi connectivity index (χ2n) is 3.58. The highest BCUT2D eigenvalue weighted by Crippen LogP contribution is 2.32. The summed E-state index contributed by atoms with van der Waals surface area (Å²) in [5, 5.41) is 4.40. The summed E-state index contributed by atoms with van der Waals surface area (Å²) in [6.45, 7) is 2.09. The first-order chi connectivity index (χ1) is 8.22. The van der Waals surface area contributed by atoms with Gasteiger partial charge in [-0.3, -0.25) is 0 Å². The molecule has 0 saturated heterocycles. The molecule has 0 radical (unpaired) electrons. The molecule has 0 aliphatic heterocycles. The molecule has 0 bridgehead atoms. The van der Waals surface area contributed by atoms with E-state index in [1.54, 1.807) is 12.1 Å². The van der Waals surface area contributed by atoms with Crippen LogP contribution in [0.4, 0.5) is 5.69 Å². The monoisotopic (exact) mass is 263 g/mol. The summed E-state index contributed by atoms with van der Waals surface area (Å²) in [6.07, 6.45) is 4.76. The van der Waals surface area contributed by atoms with Gasteiger partial charge in [-0.1, -0.05) is 41.9 Å². The number of hydrogen-bond acceptors (Lipinski definition) is 1. The van der Waals surface area contributed by atoms with Gasteiger partial charge in [-0.25, -0.2) is 0 Å². The summed E-state index contributed by atoms with van der Waals surface area (Å²) in [6, 6.07) is 5.42. The fraction of sp³-hybridized carbons (Fsp3) is 0.143. The van der Waals surface area contributed by atoms with Crippen LogP contribution in [0.15, 0.2) is 53.1 Å². The van der Waals surface area contributed by atoms with E-state index in [1.165, 1.54) is 0 Å². The lowest BCUT2D eigenvalue weighted by Gasteiger charge is -2.14. The van der Waals surface area contributed by atoms with Crippen molar-refractivity contribution in [2.45, 2.75) is 13.3 Å². The lowest BCUT2D eigenvalue weighted by atomic mass is 10.1. The molecule has 0 saturated carbocycles. The maximum Gasteiger partial charge on any atom is 0.0934 e. The van der Waals surface area contributed by atoms with Gasteiger partial charge >= 0.3 is 0 Å². The number of allylic oxidation sites excluding steroid dienone is 3.